The molecule has 0 aliphatic carbocycles. The third-order valence-electron chi connectivity index (χ3n) is 4.49. The predicted octanol–water partition coefficient (Wildman–Crippen LogP) is 2.67. The molecular formula is C21H23N3O5S. The first-order chi connectivity index (χ1) is 14.4. The van der Waals surface area contributed by atoms with Crippen LogP contribution in [-0.4, -0.2) is 37.7 Å². The van der Waals surface area contributed by atoms with Crippen LogP contribution >= 0.6 is 0 Å². The Balaban J connectivity index is 1.95. The molecule has 1 unspecified atom stereocenters. The number of methoxy groups -OCH3 is 1. The van der Waals surface area contributed by atoms with Crippen molar-refractivity contribution in [2.75, 3.05) is 13.7 Å². The van der Waals surface area contributed by atoms with E-state index in [1.54, 1.807) is 62.3 Å². The molecule has 9 heteroatoms. The lowest BCUT2D eigenvalue weighted by Crippen LogP contribution is -2.31. The third kappa shape index (κ3) is 4.69. The molecule has 0 aliphatic rings. The van der Waals surface area contributed by atoms with Gasteiger partial charge in [-0.25, -0.2) is 18.2 Å². The SMILES string of the molecule is CCOC(=O)c1ccc(S(=O)(=O)NC(c2cccc(OC)c2)c2nccn2C)cc1. The second kappa shape index (κ2) is 9.10. The molecule has 0 fully saturated rings. The van der Waals surface area contributed by atoms with E-state index < -0.39 is 22.0 Å². The summed E-state index contributed by atoms with van der Waals surface area (Å²) in [4.78, 5) is 16.2. The fraction of sp³-hybridized carbons (Fsp3) is 0.238. The van der Waals surface area contributed by atoms with E-state index >= 15 is 0 Å². The second-order valence-electron chi connectivity index (χ2n) is 6.47. The van der Waals surface area contributed by atoms with E-state index in [2.05, 4.69) is 9.71 Å². The van der Waals surface area contributed by atoms with Crippen LogP contribution in [0.15, 0.2) is 65.8 Å². The number of ether oxygens (including phenoxy) is 2. The number of carbonyl (C=O) groups excluding carboxylic acids is 1. The van der Waals surface area contributed by atoms with Gasteiger partial charge in [0.15, 0.2) is 0 Å². The maximum absolute atomic E-state index is 13.1. The molecule has 8 nitrogen and oxygen atoms in total. The predicted molar refractivity (Wildman–Crippen MR) is 111 cm³/mol. The van der Waals surface area contributed by atoms with Crippen LogP contribution in [0.5, 0.6) is 5.75 Å². The van der Waals surface area contributed by atoms with Crippen molar-refractivity contribution in [3.05, 3.63) is 77.9 Å². The number of nitrogens with one attached hydrogen (secondary N) is 1. The molecule has 0 radical (unpaired) electrons. The smallest absolute Gasteiger partial charge is 0.338 e. The summed E-state index contributed by atoms with van der Waals surface area (Å²) in [6, 6.07) is 12.0. The van der Waals surface area contributed by atoms with Gasteiger partial charge in [0.1, 0.15) is 17.6 Å². The van der Waals surface area contributed by atoms with Crippen LogP contribution in [0, 0.1) is 0 Å². The Bertz CT molecular complexity index is 1120. The van der Waals surface area contributed by atoms with E-state index in [0.29, 0.717) is 17.1 Å². The molecule has 158 valence electrons. The number of hydrogen-bond donors (Lipinski definition) is 1. The molecule has 0 bridgehead atoms. The largest absolute Gasteiger partial charge is 0.497 e. The van der Waals surface area contributed by atoms with Crippen LogP contribution in [-0.2, 0) is 21.8 Å². The number of esters is 1. The highest BCUT2D eigenvalue weighted by Gasteiger charge is 2.26. The Kier molecular flexibility index (Phi) is 6.53. The molecule has 1 aromatic heterocycles. The van der Waals surface area contributed by atoms with Crippen molar-refractivity contribution in [1.82, 2.24) is 14.3 Å². The highest BCUT2D eigenvalue weighted by Crippen LogP contribution is 2.26. The first-order valence-corrected chi connectivity index (χ1v) is 10.7. The number of nitrogens with zero attached hydrogens (tertiary/aromatic N) is 2. The molecule has 0 spiro atoms. The zero-order valence-electron chi connectivity index (χ0n) is 16.9. The zero-order chi connectivity index (χ0) is 21.7. The van der Waals surface area contributed by atoms with Crippen molar-refractivity contribution < 1.29 is 22.7 Å². The van der Waals surface area contributed by atoms with E-state index in [4.69, 9.17) is 9.47 Å². The summed E-state index contributed by atoms with van der Waals surface area (Å²) in [5, 5.41) is 0. The van der Waals surface area contributed by atoms with Gasteiger partial charge in [-0.05, 0) is 48.9 Å². The van der Waals surface area contributed by atoms with E-state index in [-0.39, 0.29) is 17.1 Å². The summed E-state index contributed by atoms with van der Waals surface area (Å²) < 4.78 is 40.8. The number of carbonyl (C=O) groups is 1. The van der Waals surface area contributed by atoms with E-state index in [9.17, 15) is 13.2 Å². The van der Waals surface area contributed by atoms with Crippen molar-refractivity contribution >= 4 is 16.0 Å². The van der Waals surface area contributed by atoms with Gasteiger partial charge in [0.25, 0.3) is 0 Å². The van der Waals surface area contributed by atoms with Crippen LogP contribution in [0.1, 0.15) is 34.7 Å². The minimum Gasteiger partial charge on any atom is -0.497 e. The Morgan fingerprint density at radius 1 is 1.20 bits per heavy atom. The van der Waals surface area contributed by atoms with Crippen molar-refractivity contribution in [2.24, 2.45) is 7.05 Å². The topological polar surface area (TPSA) is 99.5 Å². The molecule has 0 aliphatic heterocycles. The van der Waals surface area contributed by atoms with Crippen molar-refractivity contribution in [3.63, 3.8) is 0 Å². The van der Waals surface area contributed by atoms with Gasteiger partial charge < -0.3 is 14.0 Å². The summed E-state index contributed by atoms with van der Waals surface area (Å²) in [6.45, 7) is 1.95. The van der Waals surface area contributed by atoms with E-state index in [0.717, 1.165) is 0 Å². The van der Waals surface area contributed by atoms with Gasteiger partial charge in [-0.3, -0.25) is 0 Å². The standard InChI is InChI=1S/C21H23N3O5S/c1-4-29-21(25)15-8-10-18(11-9-15)30(26,27)23-19(20-22-12-13-24(20)2)16-6-5-7-17(14-16)28-3/h5-14,19,23H,4H2,1-3H3. The Morgan fingerprint density at radius 3 is 2.53 bits per heavy atom. The normalized spacial score (nSPS) is 12.4. The number of benzene rings is 2. The molecular weight excluding hydrogens is 406 g/mol. The van der Waals surface area contributed by atoms with Crippen LogP contribution in [0.4, 0.5) is 0 Å². The monoisotopic (exact) mass is 429 g/mol. The minimum atomic E-state index is -3.92. The quantitative estimate of drug-likeness (QED) is 0.553. The Morgan fingerprint density at radius 2 is 1.93 bits per heavy atom. The maximum atomic E-state index is 13.1. The summed E-state index contributed by atoms with van der Waals surface area (Å²) in [7, 11) is -0.586. The van der Waals surface area contributed by atoms with Gasteiger partial charge in [-0.1, -0.05) is 12.1 Å². The van der Waals surface area contributed by atoms with Gasteiger partial charge >= 0.3 is 5.97 Å². The Hall–Kier alpha value is -3.17. The molecule has 0 saturated carbocycles. The summed E-state index contributed by atoms with van der Waals surface area (Å²) in [6.07, 6.45) is 3.34. The highest BCUT2D eigenvalue weighted by molar-refractivity contribution is 7.89. The first-order valence-electron chi connectivity index (χ1n) is 9.26. The average molecular weight is 429 g/mol. The lowest BCUT2D eigenvalue weighted by molar-refractivity contribution is 0.0526. The number of hydrogen-bond acceptors (Lipinski definition) is 6. The number of imidazole rings is 1. The van der Waals surface area contributed by atoms with Crippen LogP contribution in [0.3, 0.4) is 0 Å². The van der Waals surface area contributed by atoms with E-state index in [1.165, 1.54) is 24.3 Å². The van der Waals surface area contributed by atoms with Crippen molar-refractivity contribution in [3.8, 4) is 5.75 Å². The van der Waals surface area contributed by atoms with Crippen molar-refractivity contribution in [2.45, 2.75) is 17.9 Å². The third-order valence-corrected chi connectivity index (χ3v) is 5.93. The highest BCUT2D eigenvalue weighted by atomic mass is 32.2. The maximum Gasteiger partial charge on any atom is 0.338 e. The summed E-state index contributed by atoms with van der Waals surface area (Å²) in [5.74, 6) is 0.622. The molecule has 1 atom stereocenters. The van der Waals surface area contributed by atoms with E-state index in [1.807, 2.05) is 0 Å². The van der Waals surface area contributed by atoms with Gasteiger partial charge in [0, 0.05) is 19.4 Å². The minimum absolute atomic E-state index is 0.0256. The zero-order valence-corrected chi connectivity index (χ0v) is 17.7. The van der Waals surface area contributed by atoms with Crippen molar-refractivity contribution in [1.29, 1.82) is 0 Å². The molecule has 1 N–H and O–H groups in total. The van der Waals surface area contributed by atoms with Crippen LogP contribution in [0.25, 0.3) is 0 Å². The summed E-state index contributed by atoms with van der Waals surface area (Å²) in [5.41, 5.74) is 0.958. The molecule has 0 saturated heterocycles. The van der Waals surface area contributed by atoms with Gasteiger partial charge in [0.05, 0.1) is 24.2 Å². The molecule has 3 rings (SSSR count). The first kappa shape index (κ1) is 21.5. The molecule has 1 heterocycles. The Labute approximate surface area is 175 Å². The summed E-state index contributed by atoms with van der Waals surface area (Å²) >= 11 is 0. The number of rotatable bonds is 8. The second-order valence-corrected chi connectivity index (χ2v) is 8.19. The van der Waals surface area contributed by atoms with Crippen LogP contribution < -0.4 is 9.46 Å². The molecule has 2 aromatic carbocycles. The fourth-order valence-corrected chi connectivity index (χ4v) is 4.14. The average Bonchev–Trinajstić information content (AvgIpc) is 3.18. The molecule has 0 amide bonds. The van der Waals surface area contributed by atoms with Gasteiger partial charge in [-0.2, -0.15) is 4.72 Å². The number of sulfonamides is 1. The lowest BCUT2D eigenvalue weighted by Gasteiger charge is -2.20. The molecule has 30 heavy (non-hydrogen) atoms. The number of aromatic nitrogens is 2. The lowest BCUT2D eigenvalue weighted by atomic mass is 10.1. The fourth-order valence-electron chi connectivity index (χ4n) is 2.95. The van der Waals surface area contributed by atoms with Gasteiger partial charge in [-0.15, -0.1) is 0 Å². The number of aryl methyl sites for hydroxylation is 1. The van der Waals surface area contributed by atoms with Gasteiger partial charge in [0.2, 0.25) is 10.0 Å². The molecule has 3 aromatic rings. The van der Waals surface area contributed by atoms with Crippen LogP contribution in [0.2, 0.25) is 0 Å².